The van der Waals surface area contributed by atoms with E-state index >= 15 is 0 Å². The molecule has 0 heterocycles. The summed E-state index contributed by atoms with van der Waals surface area (Å²) in [5.41, 5.74) is 0. The van der Waals surface area contributed by atoms with Crippen LogP contribution in [0, 0.1) is 0 Å². The molecule has 0 radical (unpaired) electrons. The van der Waals surface area contributed by atoms with Gasteiger partial charge >= 0.3 is 17.9 Å². The summed E-state index contributed by atoms with van der Waals surface area (Å²) in [6.45, 7) is 6.47. The predicted octanol–water partition coefficient (Wildman–Crippen LogP) is 21.9. The van der Waals surface area contributed by atoms with Gasteiger partial charge in [-0.2, -0.15) is 0 Å². The van der Waals surface area contributed by atoms with E-state index in [0.29, 0.717) is 19.3 Å². The minimum absolute atomic E-state index is 0.0986. The average molecular weight is 1050 g/mol. The fraction of sp³-hybridized carbons (Fsp3) is 0.754. The van der Waals surface area contributed by atoms with Crippen molar-refractivity contribution < 1.29 is 28.6 Å². The fourth-order valence-corrected chi connectivity index (χ4v) is 9.07. The number of carbonyl (C=O) groups excluding carboxylic acids is 3. The van der Waals surface area contributed by atoms with Gasteiger partial charge in [-0.15, -0.1) is 0 Å². The maximum atomic E-state index is 12.9. The Hall–Kier alpha value is -3.41. The highest BCUT2D eigenvalue weighted by Crippen LogP contribution is 2.16. The van der Waals surface area contributed by atoms with E-state index in [9.17, 15) is 14.4 Å². The minimum Gasteiger partial charge on any atom is -0.462 e. The number of esters is 3. The van der Waals surface area contributed by atoms with Crippen molar-refractivity contribution in [3.05, 3.63) is 85.1 Å². The molecule has 0 amide bonds. The van der Waals surface area contributed by atoms with Gasteiger partial charge in [0.15, 0.2) is 6.10 Å². The molecule has 0 aliphatic rings. The zero-order chi connectivity index (χ0) is 54.3. The second-order valence-corrected chi connectivity index (χ2v) is 21.3. The number of hydrogen-bond donors (Lipinski definition) is 0. The first kappa shape index (κ1) is 71.6. The lowest BCUT2D eigenvalue weighted by Gasteiger charge is -2.18. The van der Waals surface area contributed by atoms with Gasteiger partial charge in [-0.05, 0) is 103 Å². The first-order valence-corrected chi connectivity index (χ1v) is 32.1. The number of unbranched alkanes of at least 4 members (excludes halogenated alkanes) is 33. The average Bonchev–Trinajstić information content (AvgIpc) is 3.41. The van der Waals surface area contributed by atoms with Gasteiger partial charge in [-0.3, -0.25) is 14.4 Å². The van der Waals surface area contributed by atoms with E-state index in [-0.39, 0.29) is 37.5 Å². The van der Waals surface area contributed by atoms with Crippen molar-refractivity contribution in [3.63, 3.8) is 0 Å². The highest BCUT2D eigenvalue weighted by atomic mass is 16.6. The summed E-state index contributed by atoms with van der Waals surface area (Å²) in [6.07, 6.45) is 83.3. The van der Waals surface area contributed by atoms with Gasteiger partial charge < -0.3 is 14.2 Å². The maximum absolute atomic E-state index is 12.9. The van der Waals surface area contributed by atoms with Gasteiger partial charge in [0.2, 0.25) is 0 Å². The van der Waals surface area contributed by atoms with Crippen molar-refractivity contribution >= 4 is 17.9 Å². The highest BCUT2D eigenvalue weighted by Gasteiger charge is 2.19. The number of rotatable bonds is 58. The molecule has 0 aromatic carbocycles. The first-order chi connectivity index (χ1) is 37.0. The molecule has 0 saturated carbocycles. The lowest BCUT2D eigenvalue weighted by Crippen LogP contribution is -2.30. The van der Waals surface area contributed by atoms with Crippen LogP contribution in [-0.4, -0.2) is 37.2 Å². The quantitative estimate of drug-likeness (QED) is 0.0261. The van der Waals surface area contributed by atoms with Crippen molar-refractivity contribution in [3.8, 4) is 0 Å². The van der Waals surface area contributed by atoms with Gasteiger partial charge in [0.05, 0.1) is 0 Å². The summed E-state index contributed by atoms with van der Waals surface area (Å²) < 4.78 is 16.8. The van der Waals surface area contributed by atoms with Crippen LogP contribution >= 0.6 is 0 Å². The van der Waals surface area contributed by atoms with E-state index < -0.39 is 6.10 Å². The Balaban J connectivity index is 4.29. The smallest absolute Gasteiger partial charge is 0.306 e. The standard InChI is InChI=1S/C69H120O6/c1-4-7-10-13-16-19-22-25-27-29-30-31-32-33-34-35-36-37-38-40-41-44-47-50-53-56-59-62-68(71)74-65-66(64-73-67(70)61-58-55-52-49-46-43-24-21-18-15-12-9-6-3)75-69(72)63-60-57-54-51-48-45-42-39-28-26-23-20-17-14-11-8-5-2/h9,12,18,21-22,25-26,28-30,43,46,52,55,66H,4-8,10-11,13-17,19-20,23-24,27,31-42,44-45,47-51,53-54,56-65H2,1-3H3/b12-9-,21-18-,25-22-,28-26-,30-29-,46-43-,55-52-. The zero-order valence-electron chi connectivity index (χ0n) is 49.6. The van der Waals surface area contributed by atoms with Gasteiger partial charge in [0.1, 0.15) is 13.2 Å². The summed E-state index contributed by atoms with van der Waals surface area (Å²) >= 11 is 0. The zero-order valence-corrected chi connectivity index (χ0v) is 49.6. The van der Waals surface area contributed by atoms with E-state index in [1.54, 1.807) is 0 Å². The SMILES string of the molecule is CC/C=C\C/C=C\C/C=C\C/C=C\CCC(=O)OCC(COC(=O)CCCCCCCCCCCCCCCCC/C=C\C/C=C\CCCCCCC)OC(=O)CCCCCCCCC/C=C\CCCCCCCC. The van der Waals surface area contributed by atoms with Crippen LogP contribution in [0.25, 0.3) is 0 Å². The van der Waals surface area contributed by atoms with Crippen LogP contribution in [0.4, 0.5) is 0 Å². The summed E-state index contributed by atoms with van der Waals surface area (Å²) in [7, 11) is 0. The molecule has 0 aliphatic carbocycles. The summed E-state index contributed by atoms with van der Waals surface area (Å²) in [6, 6.07) is 0. The van der Waals surface area contributed by atoms with Crippen molar-refractivity contribution in [1.82, 2.24) is 0 Å². The summed E-state index contributed by atoms with van der Waals surface area (Å²) in [5, 5.41) is 0. The molecule has 432 valence electrons. The molecule has 0 rings (SSSR count). The summed E-state index contributed by atoms with van der Waals surface area (Å²) in [5.74, 6) is -0.978. The van der Waals surface area contributed by atoms with Crippen molar-refractivity contribution in [2.45, 2.75) is 322 Å². The molecular weight excluding hydrogens is 925 g/mol. The number of allylic oxidation sites excluding steroid dienone is 14. The van der Waals surface area contributed by atoms with Gasteiger partial charge in [0, 0.05) is 19.3 Å². The van der Waals surface area contributed by atoms with Crippen LogP contribution in [0.2, 0.25) is 0 Å². The molecule has 1 atom stereocenters. The van der Waals surface area contributed by atoms with E-state index in [4.69, 9.17) is 14.2 Å². The van der Waals surface area contributed by atoms with Crippen LogP contribution in [-0.2, 0) is 28.6 Å². The Morgan fingerprint density at radius 3 is 0.907 bits per heavy atom. The van der Waals surface area contributed by atoms with Crippen molar-refractivity contribution in [2.75, 3.05) is 13.2 Å². The Bertz CT molecular complexity index is 1430. The molecule has 0 saturated heterocycles. The summed E-state index contributed by atoms with van der Waals surface area (Å²) in [4.78, 5) is 38.2. The fourth-order valence-electron chi connectivity index (χ4n) is 9.07. The Labute approximate surface area is 465 Å². The lowest BCUT2D eigenvalue weighted by molar-refractivity contribution is -0.166. The van der Waals surface area contributed by atoms with Crippen LogP contribution in [0.3, 0.4) is 0 Å². The van der Waals surface area contributed by atoms with Crippen LogP contribution < -0.4 is 0 Å². The first-order valence-electron chi connectivity index (χ1n) is 32.1. The Kier molecular flexibility index (Phi) is 60.3. The molecule has 0 aromatic heterocycles. The molecule has 0 spiro atoms. The molecule has 6 heteroatoms. The van der Waals surface area contributed by atoms with Gasteiger partial charge in [-0.1, -0.05) is 279 Å². The third-order valence-corrected chi connectivity index (χ3v) is 13.9. The third kappa shape index (κ3) is 61.3. The van der Waals surface area contributed by atoms with E-state index in [1.165, 1.54) is 199 Å². The highest BCUT2D eigenvalue weighted by molar-refractivity contribution is 5.71. The number of hydrogen-bond acceptors (Lipinski definition) is 6. The molecule has 0 bridgehead atoms. The van der Waals surface area contributed by atoms with Gasteiger partial charge in [-0.25, -0.2) is 0 Å². The molecule has 0 aliphatic heterocycles. The molecule has 1 unspecified atom stereocenters. The lowest BCUT2D eigenvalue weighted by atomic mass is 10.0. The van der Waals surface area contributed by atoms with E-state index in [2.05, 4.69) is 99.8 Å². The molecule has 75 heavy (non-hydrogen) atoms. The topological polar surface area (TPSA) is 78.9 Å². The molecular formula is C69H120O6. The second-order valence-electron chi connectivity index (χ2n) is 21.3. The molecule has 0 fully saturated rings. The minimum atomic E-state index is -0.808. The monoisotopic (exact) mass is 1040 g/mol. The number of carbonyl (C=O) groups is 3. The molecule has 6 nitrogen and oxygen atoms in total. The molecule has 0 N–H and O–H groups in total. The normalized spacial score (nSPS) is 12.6. The van der Waals surface area contributed by atoms with Crippen molar-refractivity contribution in [2.24, 2.45) is 0 Å². The predicted molar refractivity (Wildman–Crippen MR) is 325 cm³/mol. The van der Waals surface area contributed by atoms with Crippen LogP contribution in [0.1, 0.15) is 316 Å². The Morgan fingerprint density at radius 1 is 0.280 bits per heavy atom. The second kappa shape index (κ2) is 63.1. The van der Waals surface area contributed by atoms with Gasteiger partial charge in [0.25, 0.3) is 0 Å². The third-order valence-electron chi connectivity index (χ3n) is 13.9. The number of ether oxygens (including phenoxy) is 3. The van der Waals surface area contributed by atoms with Crippen LogP contribution in [0.5, 0.6) is 0 Å². The Morgan fingerprint density at radius 2 is 0.547 bits per heavy atom. The largest absolute Gasteiger partial charge is 0.462 e. The van der Waals surface area contributed by atoms with Crippen molar-refractivity contribution in [1.29, 1.82) is 0 Å². The molecule has 0 aromatic rings. The van der Waals surface area contributed by atoms with Crippen LogP contribution in [0.15, 0.2) is 85.1 Å². The van der Waals surface area contributed by atoms with E-state index in [1.807, 2.05) is 6.08 Å². The maximum Gasteiger partial charge on any atom is 0.306 e. The van der Waals surface area contributed by atoms with E-state index in [0.717, 1.165) is 70.6 Å².